The van der Waals surface area contributed by atoms with Crippen molar-refractivity contribution in [1.82, 2.24) is 4.90 Å². The van der Waals surface area contributed by atoms with E-state index in [2.05, 4.69) is 5.32 Å². The predicted octanol–water partition coefficient (Wildman–Crippen LogP) is 5.46. The highest BCUT2D eigenvalue weighted by Crippen LogP contribution is 2.37. The van der Waals surface area contributed by atoms with Gasteiger partial charge in [0.15, 0.2) is 18.1 Å². The Labute approximate surface area is 235 Å². The summed E-state index contributed by atoms with van der Waals surface area (Å²) < 4.78 is 11.8. The number of para-hydroxylation sites is 1. The average Bonchev–Trinajstić information content (AvgIpc) is 3.15. The van der Waals surface area contributed by atoms with Crippen molar-refractivity contribution in [2.45, 2.75) is 6.54 Å². The number of carbonyl (C=O) groups excluding carboxylic acids is 3. The number of amides is 3. The zero-order chi connectivity index (χ0) is 27.2. The van der Waals surface area contributed by atoms with E-state index < -0.39 is 16.1 Å². The van der Waals surface area contributed by atoms with Gasteiger partial charge in [0, 0.05) is 17.8 Å². The third-order valence-corrected chi connectivity index (χ3v) is 7.02. The van der Waals surface area contributed by atoms with E-state index in [1.165, 1.54) is 31.4 Å². The van der Waals surface area contributed by atoms with Crippen LogP contribution in [0.4, 0.5) is 16.2 Å². The largest absolute Gasteiger partial charge is 0.493 e. The van der Waals surface area contributed by atoms with E-state index in [9.17, 15) is 24.5 Å². The van der Waals surface area contributed by atoms with Crippen molar-refractivity contribution in [3.8, 4) is 11.5 Å². The number of nitro groups is 1. The molecule has 3 aromatic carbocycles. The number of hydrogen-bond donors (Lipinski definition) is 1. The summed E-state index contributed by atoms with van der Waals surface area (Å²) in [5.41, 5.74) is 1.78. The Balaban J connectivity index is 1.46. The quantitative estimate of drug-likeness (QED) is 0.141. The van der Waals surface area contributed by atoms with Crippen LogP contribution in [0, 0.1) is 13.7 Å². The molecule has 0 unspecified atom stereocenters. The number of halogens is 1. The lowest BCUT2D eigenvalue weighted by atomic mass is 10.1. The van der Waals surface area contributed by atoms with Crippen molar-refractivity contribution in [2.75, 3.05) is 19.0 Å². The molecule has 1 N–H and O–H groups in total. The molecule has 1 heterocycles. The molecule has 1 aliphatic heterocycles. The van der Waals surface area contributed by atoms with E-state index in [-0.39, 0.29) is 29.7 Å². The molecule has 0 radical (unpaired) electrons. The van der Waals surface area contributed by atoms with Crippen molar-refractivity contribution in [3.63, 3.8) is 0 Å². The van der Waals surface area contributed by atoms with Gasteiger partial charge in [-0.15, -0.1) is 0 Å². The molecule has 4 rings (SSSR count). The van der Waals surface area contributed by atoms with Crippen LogP contribution in [0.1, 0.15) is 11.1 Å². The van der Waals surface area contributed by atoms with Gasteiger partial charge in [-0.05, 0) is 75.8 Å². The summed E-state index contributed by atoms with van der Waals surface area (Å²) in [5.74, 6) is -0.0643. The van der Waals surface area contributed by atoms with E-state index in [4.69, 9.17) is 9.47 Å². The van der Waals surface area contributed by atoms with E-state index in [0.717, 1.165) is 16.7 Å². The minimum absolute atomic E-state index is 0.00131. The molecule has 3 amide bonds. The van der Waals surface area contributed by atoms with Gasteiger partial charge in [0.1, 0.15) is 0 Å². The molecule has 0 bridgehead atoms. The van der Waals surface area contributed by atoms with Crippen molar-refractivity contribution in [1.29, 1.82) is 0 Å². The monoisotopic (exact) mass is 645 g/mol. The zero-order valence-electron chi connectivity index (χ0n) is 19.9. The van der Waals surface area contributed by atoms with Gasteiger partial charge in [-0.25, -0.2) is 0 Å². The molecule has 10 nitrogen and oxygen atoms in total. The first-order valence-corrected chi connectivity index (χ1v) is 13.0. The second kappa shape index (κ2) is 12.1. The minimum atomic E-state index is -0.516. The summed E-state index contributed by atoms with van der Waals surface area (Å²) >= 11 is 2.85. The second-order valence-electron chi connectivity index (χ2n) is 7.93. The summed E-state index contributed by atoms with van der Waals surface area (Å²) in [4.78, 5) is 49.4. The molecule has 3 aromatic rings. The van der Waals surface area contributed by atoms with E-state index in [0.29, 0.717) is 31.9 Å². The van der Waals surface area contributed by atoms with Crippen LogP contribution in [0.5, 0.6) is 11.5 Å². The maximum atomic E-state index is 12.9. The number of imide groups is 1. The number of hydrogen-bond acceptors (Lipinski definition) is 8. The van der Waals surface area contributed by atoms with Gasteiger partial charge in [-0.3, -0.25) is 29.4 Å². The maximum Gasteiger partial charge on any atom is 0.293 e. The van der Waals surface area contributed by atoms with Crippen LogP contribution < -0.4 is 14.8 Å². The molecule has 0 spiro atoms. The number of nitrogens with one attached hydrogen (secondary N) is 1. The van der Waals surface area contributed by atoms with Gasteiger partial charge in [-0.2, -0.15) is 0 Å². The van der Waals surface area contributed by atoms with Crippen LogP contribution >= 0.6 is 34.4 Å². The number of thioether (sulfide) groups is 1. The Bertz CT molecular complexity index is 1430. The standard InChI is InChI=1S/C26H20IN3O7S/c1-36-21-12-17(11-20(27)24(21)37-15-23(31)28-18-5-3-2-4-6-18)13-22-25(32)29(26(33)38-22)14-16-7-9-19(10-8-16)30(34)35/h2-13H,14-15H2,1H3,(H,28,31)/b22-13-. The fourth-order valence-corrected chi connectivity index (χ4v) is 5.13. The molecule has 1 fully saturated rings. The zero-order valence-corrected chi connectivity index (χ0v) is 22.9. The van der Waals surface area contributed by atoms with Crippen molar-refractivity contribution in [2.24, 2.45) is 0 Å². The van der Waals surface area contributed by atoms with Crippen LogP contribution in [0.2, 0.25) is 0 Å². The van der Waals surface area contributed by atoms with Crippen LogP contribution in [-0.4, -0.2) is 40.6 Å². The normalized spacial score (nSPS) is 14.1. The van der Waals surface area contributed by atoms with E-state index in [1.54, 1.807) is 30.3 Å². The third kappa shape index (κ3) is 6.50. The minimum Gasteiger partial charge on any atom is -0.493 e. The Kier molecular flexibility index (Phi) is 8.63. The first kappa shape index (κ1) is 27.1. The van der Waals surface area contributed by atoms with Crippen LogP contribution in [0.25, 0.3) is 6.08 Å². The fraction of sp³-hybridized carbons (Fsp3) is 0.115. The van der Waals surface area contributed by atoms with Crippen molar-refractivity contribution in [3.05, 3.63) is 96.4 Å². The Morgan fingerprint density at radius 2 is 1.84 bits per heavy atom. The van der Waals surface area contributed by atoms with Crippen LogP contribution in [0.3, 0.4) is 0 Å². The highest BCUT2D eigenvalue weighted by molar-refractivity contribution is 14.1. The summed E-state index contributed by atoms with van der Waals surface area (Å²) in [5, 5.41) is 13.1. The number of nitrogens with zero attached hydrogens (tertiary/aromatic N) is 2. The first-order valence-electron chi connectivity index (χ1n) is 11.1. The molecular formula is C26H20IN3O7S. The molecular weight excluding hydrogens is 625 g/mol. The number of methoxy groups -OCH3 is 1. The summed E-state index contributed by atoms with van der Waals surface area (Å²) in [6, 6.07) is 18.1. The fourth-order valence-electron chi connectivity index (χ4n) is 3.51. The van der Waals surface area contributed by atoms with Gasteiger partial charge in [0.05, 0.1) is 27.1 Å². The maximum absolute atomic E-state index is 12.9. The number of nitro benzene ring substituents is 1. The molecule has 0 saturated carbocycles. The number of rotatable bonds is 9. The van der Waals surface area contributed by atoms with Gasteiger partial charge >= 0.3 is 0 Å². The average molecular weight is 645 g/mol. The van der Waals surface area contributed by atoms with Crippen LogP contribution in [0.15, 0.2) is 71.6 Å². The molecule has 0 aliphatic carbocycles. The molecule has 194 valence electrons. The lowest BCUT2D eigenvalue weighted by Gasteiger charge is -2.14. The molecule has 1 saturated heterocycles. The van der Waals surface area contributed by atoms with Gasteiger partial charge in [0.25, 0.3) is 22.7 Å². The second-order valence-corrected chi connectivity index (χ2v) is 10.1. The number of anilines is 1. The third-order valence-electron chi connectivity index (χ3n) is 5.32. The molecule has 1 aliphatic rings. The SMILES string of the molecule is COc1cc(/C=C2\SC(=O)N(Cc3ccc([N+](=O)[O-])cc3)C2=O)cc(I)c1OCC(=O)Nc1ccccc1. The lowest BCUT2D eigenvalue weighted by Crippen LogP contribution is -2.27. The highest BCUT2D eigenvalue weighted by Gasteiger charge is 2.35. The lowest BCUT2D eigenvalue weighted by molar-refractivity contribution is -0.384. The molecule has 38 heavy (non-hydrogen) atoms. The highest BCUT2D eigenvalue weighted by atomic mass is 127. The molecule has 0 aromatic heterocycles. The Morgan fingerprint density at radius 3 is 2.50 bits per heavy atom. The van der Waals surface area contributed by atoms with Crippen molar-refractivity contribution >= 4 is 68.9 Å². The summed E-state index contributed by atoms with van der Waals surface area (Å²) in [7, 11) is 1.46. The molecule has 0 atom stereocenters. The Hall–Kier alpha value is -3.91. The predicted molar refractivity (Wildman–Crippen MR) is 151 cm³/mol. The number of carbonyl (C=O) groups is 3. The van der Waals surface area contributed by atoms with Crippen molar-refractivity contribution < 1.29 is 28.8 Å². The topological polar surface area (TPSA) is 128 Å². The summed E-state index contributed by atoms with van der Waals surface area (Å²) in [6.07, 6.45) is 1.58. The van der Waals surface area contributed by atoms with Gasteiger partial charge in [-0.1, -0.05) is 30.3 Å². The Morgan fingerprint density at radius 1 is 1.13 bits per heavy atom. The smallest absolute Gasteiger partial charge is 0.293 e. The number of non-ortho nitro benzene ring substituents is 1. The van der Waals surface area contributed by atoms with E-state index in [1.807, 2.05) is 40.8 Å². The van der Waals surface area contributed by atoms with E-state index >= 15 is 0 Å². The van der Waals surface area contributed by atoms with Gasteiger partial charge in [0.2, 0.25) is 0 Å². The number of ether oxygens (including phenoxy) is 2. The first-order chi connectivity index (χ1) is 18.2. The van der Waals surface area contributed by atoms with Gasteiger partial charge < -0.3 is 14.8 Å². The van der Waals surface area contributed by atoms with Crippen LogP contribution in [-0.2, 0) is 16.1 Å². The summed E-state index contributed by atoms with van der Waals surface area (Å²) in [6.45, 7) is -0.235. The number of benzene rings is 3. The molecule has 12 heteroatoms.